The van der Waals surface area contributed by atoms with Gasteiger partial charge in [-0.2, -0.15) is 0 Å². The summed E-state index contributed by atoms with van der Waals surface area (Å²) in [5.41, 5.74) is 1.25. The number of piperidine rings is 1. The number of carbonyl (C=O) groups is 3. The van der Waals surface area contributed by atoms with Crippen LogP contribution in [0.25, 0.3) is 0 Å². The Morgan fingerprint density at radius 3 is 2.56 bits per heavy atom. The van der Waals surface area contributed by atoms with E-state index in [4.69, 9.17) is 0 Å². The third-order valence-electron chi connectivity index (χ3n) is 5.22. The number of ketones is 1. The summed E-state index contributed by atoms with van der Waals surface area (Å²) in [6.07, 6.45) is 2.76. The van der Waals surface area contributed by atoms with Gasteiger partial charge in [0.25, 0.3) is 0 Å². The number of thioether (sulfide) groups is 1. The van der Waals surface area contributed by atoms with Crippen molar-refractivity contribution in [1.29, 1.82) is 0 Å². The molecule has 1 aliphatic heterocycles. The maximum Gasteiger partial charge on any atom is 0.234 e. The largest absolute Gasteiger partial charge is 0.356 e. The number of nitrogens with one attached hydrogen (secondary N) is 2. The zero-order valence-corrected chi connectivity index (χ0v) is 19.3. The van der Waals surface area contributed by atoms with Gasteiger partial charge in [0.1, 0.15) is 5.03 Å². The van der Waals surface area contributed by atoms with Crippen molar-refractivity contribution in [3.05, 3.63) is 42.0 Å². The molecular formula is C23H29N5O3S. The SMILES string of the molecule is CCCNC(=O)[C@@H]1CCCN(c2ccc(SCC(=O)Nc3ccc(C(C)=O)cc3)nn2)C1. The lowest BCUT2D eigenvalue weighted by atomic mass is 9.97. The van der Waals surface area contributed by atoms with Crippen molar-refractivity contribution in [2.75, 3.05) is 35.6 Å². The number of amides is 2. The predicted molar refractivity (Wildman–Crippen MR) is 126 cm³/mol. The molecule has 1 aromatic heterocycles. The molecule has 1 fully saturated rings. The summed E-state index contributed by atoms with van der Waals surface area (Å²) < 4.78 is 0. The Labute approximate surface area is 192 Å². The first-order valence-electron chi connectivity index (χ1n) is 10.9. The predicted octanol–water partition coefficient (Wildman–Crippen LogP) is 3.15. The van der Waals surface area contributed by atoms with E-state index in [2.05, 4.69) is 25.7 Å². The summed E-state index contributed by atoms with van der Waals surface area (Å²) in [6, 6.07) is 10.5. The normalized spacial score (nSPS) is 15.8. The minimum absolute atomic E-state index is 0.0136. The summed E-state index contributed by atoms with van der Waals surface area (Å²) in [4.78, 5) is 37.9. The van der Waals surface area contributed by atoms with Crippen LogP contribution in [0, 0.1) is 5.92 Å². The molecule has 2 amide bonds. The molecule has 170 valence electrons. The molecule has 2 N–H and O–H groups in total. The lowest BCUT2D eigenvalue weighted by molar-refractivity contribution is -0.125. The van der Waals surface area contributed by atoms with Crippen molar-refractivity contribution < 1.29 is 14.4 Å². The average Bonchev–Trinajstić information content (AvgIpc) is 2.82. The summed E-state index contributed by atoms with van der Waals surface area (Å²) in [5, 5.41) is 15.0. The van der Waals surface area contributed by atoms with Crippen molar-refractivity contribution >= 4 is 40.9 Å². The van der Waals surface area contributed by atoms with Gasteiger partial charge >= 0.3 is 0 Å². The minimum Gasteiger partial charge on any atom is -0.356 e. The fourth-order valence-corrected chi connectivity index (χ4v) is 4.09. The highest BCUT2D eigenvalue weighted by molar-refractivity contribution is 7.99. The molecule has 1 aromatic carbocycles. The zero-order valence-electron chi connectivity index (χ0n) is 18.5. The molecule has 1 aliphatic rings. The highest BCUT2D eigenvalue weighted by atomic mass is 32.2. The second-order valence-electron chi connectivity index (χ2n) is 7.78. The van der Waals surface area contributed by atoms with Crippen LogP contribution in [-0.2, 0) is 9.59 Å². The van der Waals surface area contributed by atoms with Crippen LogP contribution in [0.15, 0.2) is 41.4 Å². The van der Waals surface area contributed by atoms with Crippen LogP contribution in [0.1, 0.15) is 43.5 Å². The standard InChI is InChI=1S/C23H29N5O3S/c1-3-12-24-23(31)18-5-4-13-28(14-18)20-10-11-22(27-26-20)32-15-21(30)25-19-8-6-17(7-9-19)16(2)29/h6-11,18H,3-5,12-15H2,1-2H3,(H,24,31)(H,25,30)/t18-/m1/s1. The number of hydrogen-bond acceptors (Lipinski definition) is 7. The third kappa shape index (κ3) is 6.78. The van der Waals surface area contributed by atoms with Crippen LogP contribution < -0.4 is 15.5 Å². The summed E-state index contributed by atoms with van der Waals surface area (Å²) >= 11 is 1.30. The van der Waals surface area contributed by atoms with Crippen LogP contribution in [0.3, 0.4) is 0 Å². The molecule has 32 heavy (non-hydrogen) atoms. The van der Waals surface area contributed by atoms with E-state index in [0.29, 0.717) is 29.4 Å². The van der Waals surface area contributed by atoms with E-state index < -0.39 is 0 Å². The summed E-state index contributed by atoms with van der Waals surface area (Å²) in [7, 11) is 0. The van der Waals surface area contributed by atoms with Gasteiger partial charge in [-0.15, -0.1) is 10.2 Å². The minimum atomic E-state index is -0.159. The molecule has 2 heterocycles. The molecule has 8 nitrogen and oxygen atoms in total. The molecule has 9 heteroatoms. The molecule has 1 saturated heterocycles. The number of hydrogen-bond donors (Lipinski definition) is 2. The molecule has 0 saturated carbocycles. The first kappa shape index (κ1) is 23.7. The molecule has 0 aliphatic carbocycles. The van der Waals surface area contributed by atoms with Gasteiger partial charge in [0.15, 0.2) is 11.6 Å². The lowest BCUT2D eigenvalue weighted by Gasteiger charge is -2.32. The highest BCUT2D eigenvalue weighted by Gasteiger charge is 2.26. The van der Waals surface area contributed by atoms with Crippen molar-refractivity contribution in [2.24, 2.45) is 5.92 Å². The fraction of sp³-hybridized carbons (Fsp3) is 0.435. The van der Waals surface area contributed by atoms with E-state index in [-0.39, 0.29) is 29.3 Å². The van der Waals surface area contributed by atoms with Crippen LogP contribution in [0.4, 0.5) is 11.5 Å². The van der Waals surface area contributed by atoms with Gasteiger partial charge in [0.2, 0.25) is 11.8 Å². The van der Waals surface area contributed by atoms with Gasteiger partial charge < -0.3 is 15.5 Å². The maximum atomic E-state index is 12.3. The molecule has 2 aromatic rings. The first-order valence-corrected chi connectivity index (χ1v) is 11.8. The lowest BCUT2D eigenvalue weighted by Crippen LogP contribution is -2.43. The number of rotatable bonds is 9. The molecule has 0 unspecified atom stereocenters. The number of carbonyl (C=O) groups excluding carboxylic acids is 3. The van der Waals surface area contributed by atoms with E-state index in [9.17, 15) is 14.4 Å². The van der Waals surface area contributed by atoms with Crippen LogP contribution in [-0.4, -0.2) is 53.2 Å². The fourth-order valence-electron chi connectivity index (χ4n) is 3.48. The topological polar surface area (TPSA) is 104 Å². The zero-order chi connectivity index (χ0) is 22.9. The van der Waals surface area contributed by atoms with E-state index in [1.807, 2.05) is 19.1 Å². The van der Waals surface area contributed by atoms with E-state index >= 15 is 0 Å². The van der Waals surface area contributed by atoms with Crippen LogP contribution >= 0.6 is 11.8 Å². The maximum absolute atomic E-state index is 12.3. The molecule has 0 bridgehead atoms. The van der Waals surface area contributed by atoms with E-state index in [1.165, 1.54) is 18.7 Å². The number of benzene rings is 1. The second-order valence-corrected chi connectivity index (χ2v) is 8.77. The summed E-state index contributed by atoms with van der Waals surface area (Å²) in [5.74, 6) is 0.857. The third-order valence-corrected chi connectivity index (χ3v) is 6.14. The van der Waals surface area contributed by atoms with Crippen molar-refractivity contribution in [1.82, 2.24) is 15.5 Å². The first-order chi connectivity index (χ1) is 15.5. The Hall–Kier alpha value is -2.94. The Morgan fingerprint density at radius 1 is 1.12 bits per heavy atom. The average molecular weight is 456 g/mol. The Balaban J connectivity index is 1.48. The Morgan fingerprint density at radius 2 is 1.91 bits per heavy atom. The second kappa shape index (κ2) is 11.6. The van der Waals surface area contributed by atoms with Crippen molar-refractivity contribution in [2.45, 2.75) is 38.1 Å². The Kier molecular flexibility index (Phi) is 8.61. The van der Waals surface area contributed by atoms with Gasteiger partial charge in [-0.1, -0.05) is 18.7 Å². The van der Waals surface area contributed by atoms with Gasteiger partial charge in [-0.25, -0.2) is 0 Å². The molecule has 0 spiro atoms. The number of anilines is 2. The number of Topliss-reactive ketones (excluding diaryl/α,β-unsaturated/α-hetero) is 1. The number of aromatic nitrogens is 2. The summed E-state index contributed by atoms with van der Waals surface area (Å²) in [6.45, 7) is 5.74. The quantitative estimate of drug-likeness (QED) is 0.442. The molecule has 1 atom stereocenters. The monoisotopic (exact) mass is 455 g/mol. The van der Waals surface area contributed by atoms with Gasteiger partial charge in [0.05, 0.1) is 11.7 Å². The molecule has 0 radical (unpaired) electrons. The van der Waals surface area contributed by atoms with E-state index in [1.54, 1.807) is 24.3 Å². The smallest absolute Gasteiger partial charge is 0.234 e. The van der Waals surface area contributed by atoms with Crippen LogP contribution in [0.5, 0.6) is 0 Å². The molecular weight excluding hydrogens is 426 g/mol. The van der Waals surface area contributed by atoms with Gasteiger partial charge in [-0.05, 0) is 62.6 Å². The number of nitrogens with zero attached hydrogens (tertiary/aromatic N) is 3. The van der Waals surface area contributed by atoms with Crippen molar-refractivity contribution in [3.8, 4) is 0 Å². The Bertz CT molecular complexity index is 934. The highest BCUT2D eigenvalue weighted by Crippen LogP contribution is 2.23. The van der Waals surface area contributed by atoms with Gasteiger partial charge in [-0.3, -0.25) is 14.4 Å². The van der Waals surface area contributed by atoms with E-state index in [0.717, 1.165) is 31.6 Å². The van der Waals surface area contributed by atoms with Crippen LogP contribution in [0.2, 0.25) is 0 Å². The van der Waals surface area contributed by atoms with Gasteiger partial charge in [0, 0.05) is 30.9 Å². The molecule has 3 rings (SSSR count). The van der Waals surface area contributed by atoms with Crippen molar-refractivity contribution in [3.63, 3.8) is 0 Å².